The number of hydrogen-bond donors (Lipinski definition) is 3. The average molecular weight is 323 g/mol. The molecule has 2 aromatic carbocycles. The molecule has 4 nitrogen and oxygen atoms in total. The van der Waals surface area contributed by atoms with Gasteiger partial charge >= 0.3 is 0 Å². The monoisotopic (exact) mass is 322 g/mol. The molecule has 0 saturated carbocycles. The number of para-hydroxylation sites is 1. The van der Waals surface area contributed by atoms with Gasteiger partial charge in [-0.05, 0) is 39.9 Å². The molecule has 0 unspecified atom stereocenters. The molecule has 0 fully saturated rings. The number of phenols is 3. The normalized spacial score (nSPS) is 13.3. The second-order valence-electron chi connectivity index (χ2n) is 4.57. The largest absolute Gasteiger partial charge is 0.507 e. The third kappa shape index (κ3) is 2.50. The van der Waals surface area contributed by atoms with Crippen LogP contribution in [-0.2, 0) is 0 Å². The number of benzene rings is 2. The standard InChI is InChI=1S/C15H11ClO4S/c16-21-14-5-8-4-9(7-20-13(8)6-12(14)18)10-2-1-3-11(17)15(10)19/h1-6,17-19H,7H2. The van der Waals surface area contributed by atoms with Crippen LogP contribution in [0.5, 0.6) is 23.0 Å². The maximum Gasteiger partial charge on any atom is 0.165 e. The summed E-state index contributed by atoms with van der Waals surface area (Å²) in [6.07, 6.45) is 1.84. The van der Waals surface area contributed by atoms with Gasteiger partial charge in [-0.25, -0.2) is 0 Å². The van der Waals surface area contributed by atoms with Gasteiger partial charge in [0.1, 0.15) is 18.1 Å². The Hall–Kier alpha value is -1.98. The van der Waals surface area contributed by atoms with Crippen molar-refractivity contribution < 1.29 is 20.1 Å². The lowest BCUT2D eigenvalue weighted by Crippen LogP contribution is -2.06. The number of fused-ring (bicyclic) bond motifs is 1. The van der Waals surface area contributed by atoms with Crippen LogP contribution in [0.15, 0.2) is 35.2 Å². The Labute approximate surface area is 129 Å². The fraction of sp³-hybridized carbons (Fsp3) is 0.0667. The van der Waals surface area contributed by atoms with E-state index in [9.17, 15) is 15.3 Å². The van der Waals surface area contributed by atoms with E-state index in [0.29, 0.717) is 16.2 Å². The van der Waals surface area contributed by atoms with E-state index in [1.807, 2.05) is 6.08 Å². The Morgan fingerprint density at radius 1 is 1.10 bits per heavy atom. The molecule has 108 valence electrons. The number of halogens is 1. The summed E-state index contributed by atoms with van der Waals surface area (Å²) in [4.78, 5) is 0.525. The molecular formula is C15H11ClO4S. The molecule has 3 N–H and O–H groups in total. The van der Waals surface area contributed by atoms with Crippen molar-refractivity contribution in [2.24, 2.45) is 0 Å². The maximum atomic E-state index is 9.93. The van der Waals surface area contributed by atoms with Crippen LogP contribution in [0.25, 0.3) is 11.6 Å². The topological polar surface area (TPSA) is 69.9 Å². The number of ether oxygens (including phenoxy) is 1. The van der Waals surface area contributed by atoms with E-state index in [1.165, 1.54) is 12.1 Å². The zero-order valence-corrected chi connectivity index (χ0v) is 12.3. The van der Waals surface area contributed by atoms with Crippen molar-refractivity contribution in [1.82, 2.24) is 0 Å². The van der Waals surface area contributed by atoms with Crippen LogP contribution in [0, 0.1) is 0 Å². The zero-order valence-electron chi connectivity index (χ0n) is 10.7. The second-order valence-corrected chi connectivity index (χ2v) is 5.62. The third-order valence-electron chi connectivity index (χ3n) is 3.25. The minimum Gasteiger partial charge on any atom is -0.507 e. The van der Waals surface area contributed by atoms with Crippen LogP contribution in [0.3, 0.4) is 0 Å². The predicted molar refractivity (Wildman–Crippen MR) is 83.0 cm³/mol. The van der Waals surface area contributed by atoms with Crippen molar-refractivity contribution in [1.29, 1.82) is 0 Å². The molecule has 0 aliphatic carbocycles. The first kappa shape index (κ1) is 14.0. The molecule has 0 saturated heterocycles. The first-order valence-corrected chi connectivity index (χ1v) is 7.74. The van der Waals surface area contributed by atoms with Gasteiger partial charge < -0.3 is 20.1 Å². The minimum atomic E-state index is -0.179. The highest BCUT2D eigenvalue weighted by Crippen LogP contribution is 2.42. The third-order valence-corrected chi connectivity index (χ3v) is 4.24. The molecule has 0 radical (unpaired) electrons. The molecule has 3 rings (SSSR count). The fourth-order valence-electron chi connectivity index (χ4n) is 2.20. The summed E-state index contributed by atoms with van der Waals surface area (Å²) in [6, 6.07) is 7.98. The van der Waals surface area contributed by atoms with Crippen LogP contribution in [0.4, 0.5) is 0 Å². The lowest BCUT2D eigenvalue weighted by Gasteiger charge is -2.20. The Balaban J connectivity index is 2.09. The first-order valence-electron chi connectivity index (χ1n) is 6.10. The van der Waals surface area contributed by atoms with E-state index < -0.39 is 0 Å². The lowest BCUT2D eigenvalue weighted by atomic mass is 9.99. The van der Waals surface area contributed by atoms with Gasteiger partial charge in [0, 0.05) is 22.8 Å². The van der Waals surface area contributed by atoms with Crippen LogP contribution in [0.2, 0.25) is 0 Å². The van der Waals surface area contributed by atoms with Crippen LogP contribution in [-0.4, -0.2) is 21.9 Å². The highest BCUT2D eigenvalue weighted by atomic mass is 35.7. The van der Waals surface area contributed by atoms with E-state index in [0.717, 1.165) is 22.1 Å². The highest BCUT2D eigenvalue weighted by molar-refractivity contribution is 8.21. The molecule has 0 spiro atoms. The van der Waals surface area contributed by atoms with Crippen molar-refractivity contribution >= 4 is 33.3 Å². The smallest absolute Gasteiger partial charge is 0.165 e. The summed E-state index contributed by atoms with van der Waals surface area (Å²) in [5, 5.41) is 29.3. The van der Waals surface area contributed by atoms with Crippen molar-refractivity contribution in [3.63, 3.8) is 0 Å². The molecule has 0 atom stereocenters. The predicted octanol–water partition coefficient (Wildman–Crippen LogP) is 3.98. The van der Waals surface area contributed by atoms with E-state index in [4.69, 9.17) is 15.4 Å². The summed E-state index contributed by atoms with van der Waals surface area (Å²) in [6.45, 7) is 0.233. The van der Waals surface area contributed by atoms with Crippen LogP contribution >= 0.6 is 21.7 Å². The molecule has 1 heterocycles. The lowest BCUT2D eigenvalue weighted by molar-refractivity contribution is 0.359. The molecule has 0 amide bonds. The molecule has 1 aliphatic heterocycles. The number of rotatable bonds is 2. The Bertz CT molecular complexity index is 743. The van der Waals surface area contributed by atoms with Crippen molar-refractivity contribution in [3.8, 4) is 23.0 Å². The first-order chi connectivity index (χ1) is 10.1. The van der Waals surface area contributed by atoms with Gasteiger partial charge in [0.2, 0.25) is 0 Å². The Morgan fingerprint density at radius 3 is 2.67 bits per heavy atom. The quantitative estimate of drug-likeness (QED) is 0.729. The Morgan fingerprint density at radius 2 is 1.90 bits per heavy atom. The van der Waals surface area contributed by atoms with E-state index >= 15 is 0 Å². The molecule has 0 bridgehead atoms. The molecule has 2 aromatic rings. The van der Waals surface area contributed by atoms with Crippen molar-refractivity contribution in [3.05, 3.63) is 41.5 Å². The number of aromatic hydroxyl groups is 3. The van der Waals surface area contributed by atoms with Gasteiger partial charge in [0.15, 0.2) is 11.5 Å². The average Bonchev–Trinajstić information content (AvgIpc) is 2.49. The van der Waals surface area contributed by atoms with Crippen LogP contribution < -0.4 is 4.74 Å². The molecule has 1 aliphatic rings. The van der Waals surface area contributed by atoms with Gasteiger partial charge in [-0.1, -0.05) is 12.1 Å². The van der Waals surface area contributed by atoms with Gasteiger partial charge in [0.25, 0.3) is 0 Å². The molecule has 0 aromatic heterocycles. The number of phenolic OH excluding ortho intramolecular Hbond substituents is 3. The molecular weight excluding hydrogens is 312 g/mol. The zero-order chi connectivity index (χ0) is 15.0. The minimum absolute atomic E-state index is 0.0609. The van der Waals surface area contributed by atoms with E-state index in [1.54, 1.807) is 18.2 Å². The van der Waals surface area contributed by atoms with E-state index in [-0.39, 0.29) is 23.9 Å². The molecule has 6 heteroatoms. The summed E-state index contributed by atoms with van der Waals surface area (Å²) < 4.78 is 5.59. The summed E-state index contributed by atoms with van der Waals surface area (Å²) in [5.41, 5.74) is 1.99. The van der Waals surface area contributed by atoms with Crippen molar-refractivity contribution in [2.75, 3.05) is 6.61 Å². The summed E-state index contributed by atoms with van der Waals surface area (Å²) >= 11 is 0. The van der Waals surface area contributed by atoms with E-state index in [2.05, 4.69) is 0 Å². The van der Waals surface area contributed by atoms with Crippen LogP contribution in [0.1, 0.15) is 11.1 Å². The Kier molecular flexibility index (Phi) is 3.61. The maximum absolute atomic E-state index is 9.93. The second kappa shape index (κ2) is 5.42. The summed E-state index contributed by atoms with van der Waals surface area (Å²) in [5.74, 6) is 0.250. The SMILES string of the molecule is Oc1cc2c(cc1SCl)C=C(c1cccc(O)c1O)CO2. The van der Waals surface area contributed by atoms with Gasteiger partial charge in [-0.2, -0.15) is 0 Å². The van der Waals surface area contributed by atoms with Crippen molar-refractivity contribution in [2.45, 2.75) is 4.90 Å². The molecule has 21 heavy (non-hydrogen) atoms. The fourth-order valence-corrected chi connectivity index (χ4v) is 2.88. The summed E-state index contributed by atoms with van der Waals surface area (Å²) in [7, 11) is 6.62. The number of hydrogen-bond acceptors (Lipinski definition) is 5. The van der Waals surface area contributed by atoms with Gasteiger partial charge in [-0.15, -0.1) is 0 Å². The van der Waals surface area contributed by atoms with Gasteiger partial charge in [-0.3, -0.25) is 0 Å². The highest BCUT2D eigenvalue weighted by Gasteiger charge is 2.18. The van der Waals surface area contributed by atoms with Gasteiger partial charge in [0.05, 0.1) is 4.90 Å².